The maximum Gasteiger partial charge on any atom is 0.277 e. The average molecular weight is 345 g/mol. The van der Waals surface area contributed by atoms with Crippen molar-refractivity contribution in [3.8, 4) is 5.75 Å². The van der Waals surface area contributed by atoms with Crippen molar-refractivity contribution in [3.05, 3.63) is 70.9 Å². The second-order valence-corrected chi connectivity index (χ2v) is 4.74. The van der Waals surface area contributed by atoms with Gasteiger partial charge in [-0.1, -0.05) is 35.2 Å². The molecular weight excluding hydrogens is 326 g/mol. The fourth-order valence-electron chi connectivity index (χ4n) is 1.78. The van der Waals surface area contributed by atoms with E-state index in [9.17, 15) is 10.0 Å². The van der Waals surface area contributed by atoms with Crippen molar-refractivity contribution >= 4 is 12.1 Å². The minimum atomic E-state index is -0.393. The van der Waals surface area contributed by atoms with E-state index >= 15 is 0 Å². The van der Waals surface area contributed by atoms with Crippen molar-refractivity contribution in [3.63, 3.8) is 0 Å². The predicted octanol–water partition coefficient (Wildman–Crippen LogP) is 2.23. The smallest absolute Gasteiger partial charge is 0.277 e. The largest absolute Gasteiger partial charge is 0.597 e. The molecule has 0 unspecified atom stereocenters. The fourth-order valence-corrected chi connectivity index (χ4v) is 1.78. The molecule has 9 heteroatoms. The van der Waals surface area contributed by atoms with E-state index in [2.05, 4.69) is 15.8 Å². The quantitative estimate of drug-likeness (QED) is 0.305. The Labute approximate surface area is 144 Å². The van der Waals surface area contributed by atoms with Gasteiger partial charge in [0.05, 0.1) is 6.21 Å². The Bertz CT molecular complexity index is 717. The number of hydrogen-bond acceptors (Lipinski definition) is 6. The van der Waals surface area contributed by atoms with E-state index in [1.807, 2.05) is 30.3 Å². The second kappa shape index (κ2) is 10.3. The van der Waals surface area contributed by atoms with Crippen LogP contribution in [0.25, 0.3) is 0 Å². The van der Waals surface area contributed by atoms with Crippen LogP contribution in [0.15, 0.2) is 65.0 Å². The molecular formula is C16H19N5O4. The summed E-state index contributed by atoms with van der Waals surface area (Å²) in [5.74, 6) is 0.0791. The lowest BCUT2D eigenvalue weighted by atomic mass is 10.2. The molecule has 0 fully saturated rings. The summed E-state index contributed by atoms with van der Waals surface area (Å²) in [7, 11) is 0. The number of hydroxylamine groups is 1. The maximum atomic E-state index is 11.6. The number of benzene rings is 2. The van der Waals surface area contributed by atoms with Gasteiger partial charge in [0.15, 0.2) is 11.9 Å². The number of rotatable bonds is 7. The SMILES string of the molecule is N.O=C(COc1ccc(C[N+]([O-])=NO)cc1)NN=Cc1ccccc1. The Morgan fingerprint density at radius 2 is 1.88 bits per heavy atom. The molecule has 2 aromatic carbocycles. The van der Waals surface area contributed by atoms with E-state index in [0.717, 1.165) is 5.56 Å². The molecule has 0 aromatic heterocycles. The van der Waals surface area contributed by atoms with Crippen molar-refractivity contribution in [1.29, 1.82) is 0 Å². The Morgan fingerprint density at radius 3 is 2.52 bits per heavy atom. The van der Waals surface area contributed by atoms with E-state index in [1.54, 1.807) is 24.3 Å². The van der Waals surface area contributed by atoms with Crippen molar-refractivity contribution < 1.29 is 19.6 Å². The number of nitrogens with one attached hydrogen (secondary N) is 1. The summed E-state index contributed by atoms with van der Waals surface area (Å²) in [6, 6.07) is 15.9. The van der Waals surface area contributed by atoms with E-state index in [0.29, 0.717) is 11.3 Å². The summed E-state index contributed by atoms with van der Waals surface area (Å²) in [4.78, 5) is 11.8. The fraction of sp³-hybridized carbons (Fsp3) is 0.125. The molecule has 0 aliphatic carbocycles. The van der Waals surface area contributed by atoms with Gasteiger partial charge in [-0.25, -0.2) is 5.43 Å². The Hall–Kier alpha value is -3.46. The summed E-state index contributed by atoms with van der Waals surface area (Å²) >= 11 is 0. The highest BCUT2D eigenvalue weighted by Crippen LogP contribution is 2.12. The standard InChI is InChI=1S/C16H16N4O4.H3N/c21-16(18-17-10-13-4-2-1-3-5-13)12-24-15-8-6-14(7-9-15)11-20(23)19-22;/h1-10,22H,11-12H2,(H,18,21);1H3. The topological polar surface area (TPSA) is 144 Å². The van der Waals surface area contributed by atoms with E-state index in [1.165, 1.54) is 6.21 Å². The molecule has 0 aliphatic heterocycles. The van der Waals surface area contributed by atoms with Crippen molar-refractivity contribution in [2.45, 2.75) is 6.54 Å². The lowest BCUT2D eigenvalue weighted by Gasteiger charge is -2.05. The molecule has 0 atom stereocenters. The first kappa shape index (κ1) is 19.6. The zero-order valence-corrected chi connectivity index (χ0v) is 13.4. The van der Waals surface area contributed by atoms with Crippen LogP contribution in [0, 0.1) is 5.21 Å². The minimum absolute atomic E-state index is 0. The van der Waals surface area contributed by atoms with Gasteiger partial charge < -0.3 is 21.3 Å². The van der Waals surface area contributed by atoms with E-state index < -0.39 is 5.91 Å². The molecule has 0 spiro atoms. The Balaban J connectivity index is 0.00000312. The molecule has 132 valence electrons. The van der Waals surface area contributed by atoms with Gasteiger partial charge >= 0.3 is 0 Å². The molecule has 25 heavy (non-hydrogen) atoms. The first-order valence-electron chi connectivity index (χ1n) is 7.06. The molecule has 5 N–H and O–H groups in total. The Morgan fingerprint density at radius 1 is 1.20 bits per heavy atom. The van der Waals surface area contributed by atoms with Crippen molar-refractivity contribution in [2.75, 3.05) is 6.61 Å². The number of nitrogens with zero attached hydrogens (tertiary/aromatic N) is 3. The number of carbonyl (C=O) groups is 1. The second-order valence-electron chi connectivity index (χ2n) is 4.74. The number of ether oxygens (including phenoxy) is 1. The van der Waals surface area contributed by atoms with Gasteiger partial charge in [0, 0.05) is 5.56 Å². The lowest BCUT2D eigenvalue weighted by Crippen LogP contribution is -2.24. The number of hydrogen-bond donors (Lipinski definition) is 3. The van der Waals surface area contributed by atoms with Crippen LogP contribution in [0.5, 0.6) is 5.75 Å². The van der Waals surface area contributed by atoms with Crippen LogP contribution >= 0.6 is 0 Å². The van der Waals surface area contributed by atoms with Crippen molar-refractivity contribution in [2.24, 2.45) is 10.4 Å². The molecule has 2 rings (SSSR count). The predicted molar refractivity (Wildman–Crippen MR) is 90.7 cm³/mol. The zero-order chi connectivity index (χ0) is 17.2. The molecule has 0 saturated carbocycles. The number of amides is 1. The minimum Gasteiger partial charge on any atom is -0.597 e. The zero-order valence-electron chi connectivity index (χ0n) is 13.4. The normalized spacial score (nSPS) is 11.0. The van der Waals surface area contributed by atoms with Crippen LogP contribution in [0.1, 0.15) is 11.1 Å². The van der Waals surface area contributed by atoms with Gasteiger partial charge in [-0.15, -0.1) is 0 Å². The summed E-state index contributed by atoms with van der Waals surface area (Å²) in [6.07, 6.45) is 1.54. The van der Waals surface area contributed by atoms with Crippen LogP contribution in [0.3, 0.4) is 0 Å². The number of carbonyl (C=O) groups excluding carboxylic acids is 1. The molecule has 0 aliphatic rings. The van der Waals surface area contributed by atoms with E-state index in [4.69, 9.17) is 9.94 Å². The summed E-state index contributed by atoms with van der Waals surface area (Å²) in [5, 5.41) is 25.5. The van der Waals surface area contributed by atoms with Gasteiger partial charge in [0.25, 0.3) is 5.91 Å². The van der Waals surface area contributed by atoms with Crippen molar-refractivity contribution in [1.82, 2.24) is 11.6 Å². The van der Waals surface area contributed by atoms with Crippen LogP contribution in [-0.2, 0) is 11.3 Å². The molecule has 9 nitrogen and oxygen atoms in total. The molecule has 2 aromatic rings. The molecule has 0 bridgehead atoms. The van der Waals surface area contributed by atoms with Crippen LogP contribution in [0.4, 0.5) is 0 Å². The highest BCUT2D eigenvalue weighted by atomic mass is 16.6. The van der Waals surface area contributed by atoms with Gasteiger partial charge in [-0.05, 0) is 29.8 Å². The third-order valence-electron chi connectivity index (χ3n) is 2.91. The molecule has 1 amide bonds. The van der Waals surface area contributed by atoms with Gasteiger partial charge in [-0.3, -0.25) is 4.79 Å². The van der Waals surface area contributed by atoms with Gasteiger partial charge in [-0.2, -0.15) is 5.10 Å². The van der Waals surface area contributed by atoms with E-state index in [-0.39, 0.29) is 24.2 Å². The Kier molecular flexibility index (Phi) is 8.10. The molecule has 0 radical (unpaired) electrons. The monoisotopic (exact) mass is 345 g/mol. The lowest BCUT2D eigenvalue weighted by molar-refractivity contribution is -0.570. The molecule has 0 saturated heterocycles. The van der Waals surface area contributed by atoms with Crippen LogP contribution < -0.4 is 16.3 Å². The van der Waals surface area contributed by atoms with Crippen LogP contribution in [-0.4, -0.2) is 28.8 Å². The first-order chi connectivity index (χ1) is 11.7. The summed E-state index contributed by atoms with van der Waals surface area (Å²) in [6.45, 7) is -0.267. The summed E-state index contributed by atoms with van der Waals surface area (Å²) in [5.41, 5.74) is 3.88. The molecule has 0 heterocycles. The summed E-state index contributed by atoms with van der Waals surface area (Å²) < 4.78 is 5.31. The highest BCUT2D eigenvalue weighted by molar-refractivity contribution is 5.82. The highest BCUT2D eigenvalue weighted by Gasteiger charge is 2.03. The van der Waals surface area contributed by atoms with Gasteiger partial charge in [0.2, 0.25) is 6.54 Å². The maximum absolute atomic E-state index is 11.6. The average Bonchev–Trinajstić information content (AvgIpc) is 2.62. The van der Waals surface area contributed by atoms with Gasteiger partial charge in [0.1, 0.15) is 5.75 Å². The first-order valence-corrected chi connectivity index (χ1v) is 7.06. The number of hydrazone groups is 1. The third-order valence-corrected chi connectivity index (χ3v) is 2.91. The third kappa shape index (κ3) is 7.10. The van der Waals surface area contributed by atoms with Crippen LogP contribution in [0.2, 0.25) is 0 Å².